The van der Waals surface area contributed by atoms with Gasteiger partial charge >= 0.3 is 0 Å². The Kier molecular flexibility index (Phi) is 2.34. The lowest BCUT2D eigenvalue weighted by atomic mass is 9.85. The van der Waals surface area contributed by atoms with Crippen LogP contribution in [0.5, 0.6) is 11.5 Å². The fraction of sp³-hybridized carbons (Fsp3) is 0.250. The summed E-state index contributed by atoms with van der Waals surface area (Å²) in [6, 6.07) is 5.76. The molecule has 0 spiro atoms. The van der Waals surface area contributed by atoms with Crippen molar-refractivity contribution in [2.45, 2.75) is 26.2 Å². The van der Waals surface area contributed by atoms with Crippen LogP contribution in [0, 0.1) is 6.92 Å². The first-order chi connectivity index (χ1) is 8.59. The van der Waals surface area contributed by atoms with Crippen LogP contribution in [0.4, 0.5) is 0 Å². The van der Waals surface area contributed by atoms with E-state index in [1.54, 1.807) is 0 Å². The van der Waals surface area contributed by atoms with E-state index in [-0.39, 0.29) is 5.92 Å². The number of rotatable bonds is 0. The molecular weight excluding hydrogens is 224 g/mol. The minimum atomic E-state index is 0.143. The average Bonchev–Trinajstić information content (AvgIpc) is 2.35. The highest BCUT2D eigenvalue weighted by atomic mass is 16.3. The Hall–Kier alpha value is -1.96. The Morgan fingerprint density at radius 3 is 2.67 bits per heavy atom. The molecule has 18 heavy (non-hydrogen) atoms. The molecule has 1 aliphatic carbocycles. The van der Waals surface area contributed by atoms with Crippen molar-refractivity contribution in [3.63, 3.8) is 0 Å². The largest absolute Gasteiger partial charge is 0.507 e. The second-order valence-corrected chi connectivity index (χ2v) is 5.06. The van der Waals surface area contributed by atoms with Gasteiger partial charge in [-0.15, -0.1) is 0 Å². The van der Waals surface area contributed by atoms with Gasteiger partial charge in [0.25, 0.3) is 0 Å². The number of benzene rings is 2. The third-order valence-electron chi connectivity index (χ3n) is 3.75. The molecular formula is C16H16O2. The molecule has 3 rings (SSSR count). The van der Waals surface area contributed by atoms with Gasteiger partial charge in [0.15, 0.2) is 0 Å². The number of phenolic OH excluding ortho intramolecular Hbond substituents is 2. The van der Waals surface area contributed by atoms with E-state index in [0.717, 1.165) is 27.5 Å². The third-order valence-corrected chi connectivity index (χ3v) is 3.75. The number of aryl methyl sites for hydroxylation is 1. The lowest BCUT2D eigenvalue weighted by molar-refractivity contribution is 0.456. The van der Waals surface area contributed by atoms with Gasteiger partial charge in [0.2, 0.25) is 0 Å². The summed E-state index contributed by atoms with van der Waals surface area (Å²) >= 11 is 0. The molecule has 1 unspecified atom stereocenters. The minimum absolute atomic E-state index is 0.143. The highest BCUT2D eigenvalue weighted by molar-refractivity contribution is 5.96. The Bertz CT molecular complexity index is 669. The minimum Gasteiger partial charge on any atom is -0.507 e. The van der Waals surface area contributed by atoms with E-state index in [1.165, 1.54) is 0 Å². The van der Waals surface area contributed by atoms with E-state index < -0.39 is 0 Å². The molecule has 92 valence electrons. The molecule has 0 aromatic heterocycles. The average molecular weight is 240 g/mol. The van der Waals surface area contributed by atoms with E-state index in [0.29, 0.717) is 17.9 Å². The van der Waals surface area contributed by atoms with Crippen molar-refractivity contribution in [1.82, 2.24) is 0 Å². The zero-order valence-electron chi connectivity index (χ0n) is 10.6. The predicted octanol–water partition coefficient (Wildman–Crippen LogP) is 3.78. The predicted molar refractivity (Wildman–Crippen MR) is 73.3 cm³/mol. The van der Waals surface area contributed by atoms with E-state index in [2.05, 4.69) is 6.08 Å². The monoisotopic (exact) mass is 240 g/mol. The lowest BCUT2D eigenvalue weighted by Gasteiger charge is -2.22. The summed E-state index contributed by atoms with van der Waals surface area (Å²) in [6.45, 7) is 4.02. The SMILES string of the molecule is Cc1ccc2c(O)c3c(c(O)c2c1)C(C)C=CC3. The Morgan fingerprint density at radius 2 is 1.89 bits per heavy atom. The Balaban J connectivity index is 2.46. The van der Waals surface area contributed by atoms with E-state index in [4.69, 9.17) is 0 Å². The van der Waals surface area contributed by atoms with Crippen molar-refractivity contribution < 1.29 is 10.2 Å². The van der Waals surface area contributed by atoms with E-state index >= 15 is 0 Å². The Labute approximate surface area is 106 Å². The molecule has 0 saturated heterocycles. The maximum Gasteiger partial charge on any atom is 0.127 e. The molecule has 0 saturated carbocycles. The zero-order chi connectivity index (χ0) is 12.9. The molecule has 0 heterocycles. The summed E-state index contributed by atoms with van der Waals surface area (Å²) in [5, 5.41) is 22.3. The summed E-state index contributed by atoms with van der Waals surface area (Å²) < 4.78 is 0. The van der Waals surface area contributed by atoms with Crippen LogP contribution in [-0.2, 0) is 6.42 Å². The van der Waals surface area contributed by atoms with Crippen LogP contribution < -0.4 is 0 Å². The highest BCUT2D eigenvalue weighted by Gasteiger charge is 2.23. The van der Waals surface area contributed by atoms with Crippen LogP contribution in [0.3, 0.4) is 0 Å². The molecule has 2 heteroatoms. The summed E-state index contributed by atoms with van der Waals surface area (Å²) in [4.78, 5) is 0. The maximum absolute atomic E-state index is 10.5. The normalized spacial score (nSPS) is 18.0. The third kappa shape index (κ3) is 1.42. The van der Waals surface area contributed by atoms with Gasteiger partial charge < -0.3 is 10.2 Å². The molecule has 0 fully saturated rings. The van der Waals surface area contributed by atoms with Gasteiger partial charge in [-0.1, -0.05) is 36.8 Å². The van der Waals surface area contributed by atoms with Crippen LogP contribution in [0.2, 0.25) is 0 Å². The second kappa shape index (κ2) is 3.77. The zero-order valence-corrected chi connectivity index (χ0v) is 10.6. The topological polar surface area (TPSA) is 40.5 Å². The molecule has 0 radical (unpaired) electrons. The van der Waals surface area contributed by atoms with Gasteiger partial charge in [0, 0.05) is 27.8 Å². The van der Waals surface area contributed by atoms with Crippen LogP contribution in [-0.4, -0.2) is 10.2 Å². The van der Waals surface area contributed by atoms with Crippen LogP contribution >= 0.6 is 0 Å². The molecule has 0 aliphatic heterocycles. The van der Waals surface area contributed by atoms with Gasteiger partial charge in [-0.05, 0) is 19.4 Å². The second-order valence-electron chi connectivity index (χ2n) is 5.06. The van der Waals surface area contributed by atoms with Crippen molar-refractivity contribution >= 4 is 10.8 Å². The molecule has 1 atom stereocenters. The molecule has 1 aliphatic rings. The molecule has 2 aromatic carbocycles. The number of hydrogen-bond donors (Lipinski definition) is 2. The standard InChI is InChI=1S/C16H16O2/c1-9-6-7-11-13(8-9)16(18)14-10(2)4-3-5-12(14)15(11)17/h3-4,6-8,10,17-18H,5H2,1-2H3. The molecule has 0 amide bonds. The number of fused-ring (bicyclic) bond motifs is 2. The van der Waals surface area contributed by atoms with Crippen LogP contribution in [0.1, 0.15) is 29.5 Å². The summed E-state index contributed by atoms with van der Waals surface area (Å²) in [7, 11) is 0. The smallest absolute Gasteiger partial charge is 0.127 e. The van der Waals surface area contributed by atoms with Gasteiger partial charge in [0.05, 0.1) is 0 Å². The first kappa shape index (κ1) is 11.1. The first-order valence-electron chi connectivity index (χ1n) is 6.23. The van der Waals surface area contributed by atoms with Crippen molar-refractivity contribution in [1.29, 1.82) is 0 Å². The number of hydrogen-bond acceptors (Lipinski definition) is 2. The van der Waals surface area contributed by atoms with Crippen LogP contribution in [0.15, 0.2) is 30.4 Å². The first-order valence-corrected chi connectivity index (χ1v) is 6.23. The number of allylic oxidation sites excluding steroid dienone is 2. The summed E-state index contributed by atoms with van der Waals surface area (Å²) in [5.41, 5.74) is 2.81. The van der Waals surface area contributed by atoms with Crippen molar-refractivity contribution in [2.24, 2.45) is 0 Å². The Morgan fingerprint density at radius 1 is 1.11 bits per heavy atom. The number of aromatic hydroxyl groups is 2. The van der Waals surface area contributed by atoms with Gasteiger partial charge in [0.1, 0.15) is 11.5 Å². The number of phenols is 2. The van der Waals surface area contributed by atoms with Gasteiger partial charge in [-0.2, -0.15) is 0 Å². The van der Waals surface area contributed by atoms with Crippen molar-refractivity contribution in [3.8, 4) is 11.5 Å². The molecule has 2 nitrogen and oxygen atoms in total. The van der Waals surface area contributed by atoms with E-state index in [1.807, 2.05) is 38.1 Å². The lowest BCUT2D eigenvalue weighted by Crippen LogP contribution is -2.03. The van der Waals surface area contributed by atoms with Crippen molar-refractivity contribution in [2.75, 3.05) is 0 Å². The fourth-order valence-electron chi connectivity index (χ4n) is 2.82. The van der Waals surface area contributed by atoms with Gasteiger partial charge in [-0.3, -0.25) is 0 Å². The highest BCUT2D eigenvalue weighted by Crippen LogP contribution is 2.45. The van der Waals surface area contributed by atoms with E-state index in [9.17, 15) is 10.2 Å². The molecule has 0 bridgehead atoms. The van der Waals surface area contributed by atoms with Crippen molar-refractivity contribution in [3.05, 3.63) is 47.0 Å². The summed E-state index contributed by atoms with van der Waals surface area (Å²) in [5.74, 6) is 0.775. The van der Waals surface area contributed by atoms with Gasteiger partial charge in [-0.25, -0.2) is 0 Å². The maximum atomic E-state index is 10.5. The fourth-order valence-corrected chi connectivity index (χ4v) is 2.82. The molecule has 2 N–H and O–H groups in total. The summed E-state index contributed by atoms with van der Waals surface area (Å²) in [6.07, 6.45) is 4.80. The molecule has 2 aromatic rings. The quantitative estimate of drug-likeness (QED) is 0.543. The van der Waals surface area contributed by atoms with Crippen LogP contribution in [0.25, 0.3) is 10.8 Å².